The Morgan fingerprint density at radius 3 is 2.44 bits per heavy atom. The van der Waals surface area contributed by atoms with E-state index in [-0.39, 0.29) is 17.4 Å². The maximum atomic E-state index is 13.0. The van der Waals surface area contributed by atoms with Crippen LogP contribution >= 0.6 is 15.9 Å². The van der Waals surface area contributed by atoms with E-state index < -0.39 is 10.8 Å². The molecule has 2 amide bonds. The molecule has 32 heavy (non-hydrogen) atoms. The van der Waals surface area contributed by atoms with Crippen LogP contribution in [-0.2, 0) is 0 Å². The Labute approximate surface area is 191 Å². The number of nitrogens with zero attached hydrogens (tertiary/aromatic N) is 3. The summed E-state index contributed by atoms with van der Waals surface area (Å²) in [6.07, 6.45) is 0. The van der Waals surface area contributed by atoms with E-state index in [2.05, 4.69) is 21.2 Å². The summed E-state index contributed by atoms with van der Waals surface area (Å²) >= 11 is 3.16. The number of hydrogen-bond donors (Lipinski definition) is 1. The largest absolute Gasteiger partial charge is 0.444 e. The number of carbonyl (C=O) groups excluding carboxylic acids is 2. The van der Waals surface area contributed by atoms with Gasteiger partial charge in [0, 0.05) is 43.5 Å². The van der Waals surface area contributed by atoms with Crippen molar-refractivity contribution in [3.05, 3.63) is 86.8 Å². The van der Waals surface area contributed by atoms with E-state index in [1.165, 1.54) is 6.07 Å². The van der Waals surface area contributed by atoms with Gasteiger partial charge in [-0.15, -0.1) is 0 Å². The lowest BCUT2D eigenvalue weighted by Crippen LogP contribution is -2.49. The molecule has 1 N–H and O–H groups in total. The number of piperazine rings is 1. The SMILES string of the molecule is O=C(Nc1cccc(C(=O)N2CCN(c3ccccc3[N+](=O)[O-])CC2)c1)c1ccc(Br)o1. The standard InChI is InChI=1S/C22H19BrN4O5/c23-20-9-8-19(32-20)21(28)24-16-5-3-4-15(14-16)22(29)26-12-10-25(11-13-26)17-6-1-2-7-18(17)27(30)31/h1-9,14H,10-13H2,(H,24,28). The molecule has 1 saturated heterocycles. The molecule has 4 rings (SSSR count). The van der Waals surface area contributed by atoms with Crippen LogP contribution in [0.1, 0.15) is 20.9 Å². The number of hydrogen-bond acceptors (Lipinski definition) is 6. The fourth-order valence-corrected chi connectivity index (χ4v) is 3.88. The van der Waals surface area contributed by atoms with Crippen molar-refractivity contribution < 1.29 is 18.9 Å². The highest BCUT2D eigenvalue weighted by atomic mass is 79.9. The van der Waals surface area contributed by atoms with Gasteiger partial charge in [-0.3, -0.25) is 19.7 Å². The third-order valence-electron chi connectivity index (χ3n) is 5.15. The molecular formula is C22H19BrN4O5. The normalized spacial score (nSPS) is 13.7. The van der Waals surface area contributed by atoms with Crippen LogP contribution in [0.4, 0.5) is 17.1 Å². The molecule has 164 valence electrons. The molecule has 1 aliphatic rings. The van der Waals surface area contributed by atoms with Crippen LogP contribution in [-0.4, -0.2) is 47.8 Å². The van der Waals surface area contributed by atoms with Crippen molar-refractivity contribution in [2.24, 2.45) is 0 Å². The number of para-hydroxylation sites is 2. The molecule has 0 aliphatic carbocycles. The second kappa shape index (κ2) is 9.23. The number of furan rings is 1. The molecular weight excluding hydrogens is 480 g/mol. The number of amides is 2. The number of halogens is 1. The van der Waals surface area contributed by atoms with Gasteiger partial charge >= 0.3 is 0 Å². The Morgan fingerprint density at radius 1 is 1.00 bits per heavy atom. The zero-order valence-corrected chi connectivity index (χ0v) is 18.4. The Morgan fingerprint density at radius 2 is 1.75 bits per heavy atom. The molecule has 1 aliphatic heterocycles. The van der Waals surface area contributed by atoms with Gasteiger partial charge in [-0.2, -0.15) is 0 Å². The summed E-state index contributed by atoms with van der Waals surface area (Å²) in [5.41, 5.74) is 1.53. The van der Waals surface area contributed by atoms with Crippen LogP contribution in [0.5, 0.6) is 0 Å². The number of nitro groups is 1. The third-order valence-corrected chi connectivity index (χ3v) is 5.58. The molecule has 10 heteroatoms. The zero-order valence-electron chi connectivity index (χ0n) is 16.9. The predicted molar refractivity (Wildman–Crippen MR) is 122 cm³/mol. The first-order valence-electron chi connectivity index (χ1n) is 9.87. The molecule has 1 fully saturated rings. The monoisotopic (exact) mass is 498 g/mol. The van der Waals surface area contributed by atoms with Gasteiger partial charge in [0.2, 0.25) is 0 Å². The average Bonchev–Trinajstić information content (AvgIpc) is 3.25. The van der Waals surface area contributed by atoms with Crippen molar-refractivity contribution in [1.82, 2.24) is 4.90 Å². The lowest BCUT2D eigenvalue weighted by Gasteiger charge is -2.35. The minimum absolute atomic E-state index is 0.0549. The van der Waals surface area contributed by atoms with Crippen LogP contribution in [0, 0.1) is 10.1 Å². The Hall–Kier alpha value is -3.66. The first-order chi connectivity index (χ1) is 15.4. The number of nitro benzene ring substituents is 1. The predicted octanol–water partition coefficient (Wildman–Crippen LogP) is 4.17. The quantitative estimate of drug-likeness (QED) is 0.417. The minimum atomic E-state index is -0.418. The van der Waals surface area contributed by atoms with Crippen molar-refractivity contribution in [3.63, 3.8) is 0 Å². The lowest BCUT2D eigenvalue weighted by atomic mass is 10.1. The summed E-state index contributed by atoms with van der Waals surface area (Å²) in [5, 5.41) is 14.0. The van der Waals surface area contributed by atoms with E-state index in [1.54, 1.807) is 59.5 Å². The number of anilines is 2. The highest BCUT2D eigenvalue weighted by Gasteiger charge is 2.26. The molecule has 0 saturated carbocycles. The molecule has 3 aromatic rings. The second-order valence-corrected chi connectivity index (χ2v) is 7.95. The van der Waals surface area contributed by atoms with E-state index in [4.69, 9.17) is 4.42 Å². The van der Waals surface area contributed by atoms with Gasteiger partial charge in [0.1, 0.15) is 5.69 Å². The molecule has 0 radical (unpaired) electrons. The summed E-state index contributed by atoms with van der Waals surface area (Å²) in [7, 11) is 0. The highest BCUT2D eigenvalue weighted by Crippen LogP contribution is 2.28. The zero-order chi connectivity index (χ0) is 22.7. The van der Waals surface area contributed by atoms with E-state index >= 15 is 0 Å². The van der Waals surface area contributed by atoms with Crippen molar-refractivity contribution in [1.29, 1.82) is 0 Å². The maximum absolute atomic E-state index is 13.0. The van der Waals surface area contributed by atoms with E-state index in [0.29, 0.717) is 47.8 Å². The van der Waals surface area contributed by atoms with E-state index in [9.17, 15) is 19.7 Å². The summed E-state index contributed by atoms with van der Waals surface area (Å²) in [6.45, 7) is 1.84. The van der Waals surface area contributed by atoms with Gasteiger partial charge in [-0.25, -0.2) is 0 Å². The van der Waals surface area contributed by atoms with Crippen LogP contribution in [0.15, 0.2) is 69.8 Å². The Bertz CT molecular complexity index is 1170. The third kappa shape index (κ3) is 4.65. The number of carbonyl (C=O) groups is 2. The molecule has 0 bridgehead atoms. The van der Waals surface area contributed by atoms with Gasteiger partial charge in [0.15, 0.2) is 10.4 Å². The average molecular weight is 499 g/mol. The van der Waals surface area contributed by atoms with Crippen molar-refractivity contribution >= 4 is 44.8 Å². The van der Waals surface area contributed by atoms with Crippen molar-refractivity contribution in [2.75, 3.05) is 36.4 Å². The van der Waals surface area contributed by atoms with Gasteiger partial charge < -0.3 is 19.5 Å². The number of nitrogens with one attached hydrogen (secondary N) is 1. The first kappa shape index (κ1) is 21.6. The Kier molecular flexibility index (Phi) is 6.22. The number of rotatable bonds is 5. The maximum Gasteiger partial charge on any atom is 0.292 e. The summed E-state index contributed by atoms with van der Waals surface area (Å²) in [4.78, 5) is 39.8. The molecule has 2 aromatic carbocycles. The summed E-state index contributed by atoms with van der Waals surface area (Å²) in [5.74, 6) is -0.429. The molecule has 0 unspecified atom stereocenters. The molecule has 0 spiro atoms. The van der Waals surface area contributed by atoms with Crippen LogP contribution in [0.25, 0.3) is 0 Å². The van der Waals surface area contributed by atoms with Gasteiger partial charge in [-0.1, -0.05) is 18.2 Å². The molecule has 2 heterocycles. The van der Waals surface area contributed by atoms with E-state index in [1.807, 2.05) is 4.90 Å². The fraction of sp³-hybridized carbons (Fsp3) is 0.182. The van der Waals surface area contributed by atoms with Gasteiger partial charge in [-0.05, 0) is 52.3 Å². The summed E-state index contributed by atoms with van der Waals surface area (Å²) < 4.78 is 5.69. The topological polar surface area (TPSA) is 109 Å². The van der Waals surface area contributed by atoms with Crippen molar-refractivity contribution in [2.45, 2.75) is 0 Å². The van der Waals surface area contributed by atoms with E-state index in [0.717, 1.165) is 0 Å². The fourth-order valence-electron chi connectivity index (χ4n) is 3.58. The summed E-state index contributed by atoms with van der Waals surface area (Å²) in [6, 6.07) is 16.5. The second-order valence-electron chi connectivity index (χ2n) is 7.16. The molecule has 0 atom stereocenters. The Balaban J connectivity index is 1.41. The van der Waals surface area contributed by atoms with Crippen LogP contribution in [0.3, 0.4) is 0 Å². The van der Waals surface area contributed by atoms with Gasteiger partial charge in [0.25, 0.3) is 17.5 Å². The van der Waals surface area contributed by atoms with Crippen molar-refractivity contribution in [3.8, 4) is 0 Å². The number of benzene rings is 2. The molecule has 9 nitrogen and oxygen atoms in total. The first-order valence-corrected chi connectivity index (χ1v) is 10.7. The van der Waals surface area contributed by atoms with Crippen LogP contribution in [0.2, 0.25) is 0 Å². The van der Waals surface area contributed by atoms with Crippen LogP contribution < -0.4 is 10.2 Å². The van der Waals surface area contributed by atoms with Gasteiger partial charge in [0.05, 0.1) is 4.92 Å². The molecule has 1 aromatic heterocycles. The highest BCUT2D eigenvalue weighted by molar-refractivity contribution is 9.10. The smallest absolute Gasteiger partial charge is 0.292 e. The minimum Gasteiger partial charge on any atom is -0.444 e. The lowest BCUT2D eigenvalue weighted by molar-refractivity contribution is -0.384.